The predicted octanol–water partition coefficient (Wildman–Crippen LogP) is 1.50. The third kappa shape index (κ3) is 3.54. The first-order valence-electron chi connectivity index (χ1n) is 7.53. The second-order valence-electron chi connectivity index (χ2n) is 5.75. The van der Waals surface area contributed by atoms with Crippen LogP contribution in [0.15, 0.2) is 11.6 Å². The van der Waals surface area contributed by atoms with Crippen LogP contribution in [0.2, 0.25) is 0 Å². The van der Waals surface area contributed by atoms with E-state index in [-0.39, 0.29) is 25.5 Å². The maximum Gasteiger partial charge on any atom is 0.408 e. The van der Waals surface area contributed by atoms with Crippen molar-refractivity contribution < 1.29 is 27.5 Å². The molecule has 3 unspecified atom stereocenters. The molecular weight excluding hydrogens is 347 g/mol. The topological polar surface area (TPSA) is 71.5 Å². The van der Waals surface area contributed by atoms with Crippen molar-refractivity contribution in [1.29, 1.82) is 0 Å². The Balaban J connectivity index is 1.63. The summed E-state index contributed by atoms with van der Waals surface area (Å²) in [5, 5.41) is 4.44. The van der Waals surface area contributed by atoms with Crippen molar-refractivity contribution in [1.82, 2.24) is 15.2 Å². The van der Waals surface area contributed by atoms with Crippen LogP contribution in [-0.4, -0.2) is 53.6 Å². The van der Waals surface area contributed by atoms with Crippen molar-refractivity contribution in [3.8, 4) is 0 Å². The summed E-state index contributed by atoms with van der Waals surface area (Å²) >= 11 is 1.40. The standard InChI is InChI=1S/C14H16F3N3O3S/c15-14(16,17)10-2-1-8(11(21)19-10)13(22)20-4-5-23-9(7-20)12-18-3-6-24-12/h3,6,8-10H,1-2,4-5,7H2,(H,19,21). The number of hydrogen-bond acceptors (Lipinski definition) is 5. The van der Waals surface area contributed by atoms with E-state index in [2.05, 4.69) is 4.98 Å². The molecule has 2 aliphatic rings. The van der Waals surface area contributed by atoms with E-state index in [9.17, 15) is 22.8 Å². The zero-order chi connectivity index (χ0) is 17.3. The number of halogens is 3. The van der Waals surface area contributed by atoms with Crippen LogP contribution in [0.5, 0.6) is 0 Å². The average molecular weight is 363 g/mol. The molecule has 0 aliphatic carbocycles. The molecule has 1 aromatic rings. The Morgan fingerprint density at radius 2 is 2.21 bits per heavy atom. The molecule has 1 N–H and O–H groups in total. The van der Waals surface area contributed by atoms with Gasteiger partial charge in [0.25, 0.3) is 0 Å². The van der Waals surface area contributed by atoms with Crippen LogP contribution in [0.4, 0.5) is 13.2 Å². The summed E-state index contributed by atoms with van der Waals surface area (Å²) in [6.45, 7) is 0.863. The maximum atomic E-state index is 12.7. The molecule has 2 fully saturated rings. The third-order valence-electron chi connectivity index (χ3n) is 4.18. The highest BCUT2D eigenvalue weighted by Gasteiger charge is 2.46. The highest BCUT2D eigenvalue weighted by Crippen LogP contribution is 2.30. The monoisotopic (exact) mass is 363 g/mol. The van der Waals surface area contributed by atoms with Gasteiger partial charge in [0.1, 0.15) is 23.1 Å². The number of thiazole rings is 1. The molecule has 132 valence electrons. The van der Waals surface area contributed by atoms with Crippen LogP contribution in [0.1, 0.15) is 24.0 Å². The van der Waals surface area contributed by atoms with E-state index in [4.69, 9.17) is 4.74 Å². The molecule has 3 atom stereocenters. The van der Waals surface area contributed by atoms with Gasteiger partial charge in [0.15, 0.2) is 0 Å². The van der Waals surface area contributed by atoms with Crippen molar-refractivity contribution in [3.05, 3.63) is 16.6 Å². The zero-order valence-corrected chi connectivity index (χ0v) is 13.4. The van der Waals surface area contributed by atoms with Crippen molar-refractivity contribution in [2.75, 3.05) is 19.7 Å². The number of rotatable bonds is 2. The van der Waals surface area contributed by atoms with Gasteiger partial charge in [0, 0.05) is 18.1 Å². The van der Waals surface area contributed by atoms with E-state index >= 15 is 0 Å². The number of carbonyl (C=O) groups is 2. The van der Waals surface area contributed by atoms with Gasteiger partial charge in [-0.25, -0.2) is 4.98 Å². The third-order valence-corrected chi connectivity index (χ3v) is 5.04. The minimum absolute atomic E-state index is 0.103. The summed E-state index contributed by atoms with van der Waals surface area (Å²) in [6, 6.07) is -1.87. The lowest BCUT2D eigenvalue weighted by molar-refractivity contribution is -0.173. The molecule has 3 rings (SSSR count). The summed E-state index contributed by atoms with van der Waals surface area (Å²) in [5.74, 6) is -2.37. The number of alkyl halides is 3. The van der Waals surface area contributed by atoms with Gasteiger partial charge in [-0.05, 0) is 12.8 Å². The smallest absolute Gasteiger partial charge is 0.367 e. The van der Waals surface area contributed by atoms with Gasteiger partial charge in [0.2, 0.25) is 11.8 Å². The number of amides is 2. The Bertz CT molecular complexity index is 608. The first-order valence-corrected chi connectivity index (χ1v) is 8.41. The van der Waals surface area contributed by atoms with E-state index in [0.717, 1.165) is 5.01 Å². The van der Waals surface area contributed by atoms with Crippen molar-refractivity contribution >= 4 is 23.2 Å². The van der Waals surface area contributed by atoms with Crippen LogP contribution < -0.4 is 5.32 Å². The lowest BCUT2D eigenvalue weighted by Crippen LogP contribution is -2.56. The Kier molecular flexibility index (Phi) is 4.77. The van der Waals surface area contributed by atoms with E-state index in [0.29, 0.717) is 13.2 Å². The normalized spacial score (nSPS) is 28.5. The maximum absolute atomic E-state index is 12.7. The van der Waals surface area contributed by atoms with Crippen LogP contribution in [0.3, 0.4) is 0 Å². The second-order valence-corrected chi connectivity index (χ2v) is 6.67. The fourth-order valence-corrected chi connectivity index (χ4v) is 3.58. The van der Waals surface area contributed by atoms with Crippen LogP contribution >= 0.6 is 11.3 Å². The van der Waals surface area contributed by atoms with Crippen LogP contribution in [0, 0.1) is 5.92 Å². The molecular formula is C14H16F3N3O3S. The fraction of sp³-hybridized carbons (Fsp3) is 0.643. The Labute approximate surface area is 140 Å². The van der Waals surface area contributed by atoms with E-state index in [1.165, 1.54) is 16.2 Å². The Hall–Kier alpha value is -1.68. The summed E-state index contributed by atoms with van der Waals surface area (Å²) in [4.78, 5) is 30.1. The first kappa shape index (κ1) is 17.2. The molecule has 1 aromatic heterocycles. The molecule has 0 spiro atoms. The number of nitrogens with zero attached hydrogens (tertiary/aromatic N) is 2. The Morgan fingerprint density at radius 3 is 2.83 bits per heavy atom. The summed E-state index contributed by atoms with van der Waals surface area (Å²) in [7, 11) is 0. The van der Waals surface area contributed by atoms with Crippen molar-refractivity contribution in [3.63, 3.8) is 0 Å². The van der Waals surface area contributed by atoms with Gasteiger partial charge >= 0.3 is 6.18 Å². The molecule has 3 heterocycles. The molecule has 6 nitrogen and oxygen atoms in total. The minimum atomic E-state index is -4.49. The number of carbonyl (C=O) groups excluding carboxylic acids is 2. The van der Waals surface area contributed by atoms with Gasteiger partial charge in [0.05, 0.1) is 13.2 Å². The first-order chi connectivity index (χ1) is 11.4. The van der Waals surface area contributed by atoms with Crippen LogP contribution in [-0.2, 0) is 14.3 Å². The minimum Gasteiger partial charge on any atom is -0.367 e. The summed E-state index contributed by atoms with van der Waals surface area (Å²) in [5.41, 5.74) is 0. The lowest BCUT2D eigenvalue weighted by atomic mass is 9.92. The summed E-state index contributed by atoms with van der Waals surface area (Å²) < 4.78 is 43.6. The van der Waals surface area contributed by atoms with E-state index < -0.39 is 30.0 Å². The van der Waals surface area contributed by atoms with Gasteiger partial charge in [-0.2, -0.15) is 13.2 Å². The number of hydrogen-bond donors (Lipinski definition) is 1. The molecule has 0 aromatic carbocycles. The van der Waals surface area contributed by atoms with Gasteiger partial charge < -0.3 is 15.0 Å². The number of aromatic nitrogens is 1. The quantitative estimate of drug-likeness (QED) is 0.809. The highest BCUT2D eigenvalue weighted by atomic mass is 32.1. The SMILES string of the molecule is O=C1NC(C(F)(F)F)CCC1C(=O)N1CCOC(c2nccs2)C1. The zero-order valence-electron chi connectivity index (χ0n) is 12.6. The molecule has 24 heavy (non-hydrogen) atoms. The molecule has 0 radical (unpaired) electrons. The second kappa shape index (κ2) is 6.67. The number of ether oxygens (including phenoxy) is 1. The molecule has 10 heteroatoms. The van der Waals surface area contributed by atoms with Crippen molar-refractivity contribution in [2.24, 2.45) is 5.92 Å². The van der Waals surface area contributed by atoms with Gasteiger partial charge in [-0.1, -0.05) is 0 Å². The average Bonchev–Trinajstić information content (AvgIpc) is 3.08. The van der Waals surface area contributed by atoms with Crippen LogP contribution in [0.25, 0.3) is 0 Å². The molecule has 2 saturated heterocycles. The highest BCUT2D eigenvalue weighted by molar-refractivity contribution is 7.09. The van der Waals surface area contributed by atoms with Crippen molar-refractivity contribution in [2.45, 2.75) is 31.2 Å². The number of morpholine rings is 1. The van der Waals surface area contributed by atoms with Gasteiger partial charge in [-0.3, -0.25) is 9.59 Å². The number of nitrogens with one attached hydrogen (secondary N) is 1. The lowest BCUT2D eigenvalue weighted by Gasteiger charge is -2.36. The molecule has 2 amide bonds. The summed E-state index contributed by atoms with van der Waals surface area (Å²) in [6.07, 6.45) is -3.61. The molecule has 2 aliphatic heterocycles. The predicted molar refractivity (Wildman–Crippen MR) is 78.1 cm³/mol. The fourth-order valence-electron chi connectivity index (χ4n) is 2.90. The largest absolute Gasteiger partial charge is 0.408 e. The number of piperidine rings is 1. The molecule has 0 bridgehead atoms. The van der Waals surface area contributed by atoms with E-state index in [1.54, 1.807) is 11.6 Å². The van der Waals surface area contributed by atoms with E-state index in [1.807, 2.05) is 5.32 Å². The molecule has 0 saturated carbocycles. The Morgan fingerprint density at radius 1 is 1.42 bits per heavy atom. The van der Waals surface area contributed by atoms with Gasteiger partial charge in [-0.15, -0.1) is 11.3 Å².